The van der Waals surface area contributed by atoms with Gasteiger partial charge in [0.25, 0.3) is 0 Å². The van der Waals surface area contributed by atoms with Gasteiger partial charge in [-0.2, -0.15) is 0 Å². The van der Waals surface area contributed by atoms with Crippen LogP contribution in [-0.2, 0) is 0 Å². The summed E-state index contributed by atoms with van der Waals surface area (Å²) in [7, 11) is 4.13. The van der Waals surface area contributed by atoms with Crippen LogP contribution in [-0.4, -0.2) is 30.9 Å². The average molecular weight is 295 g/mol. The van der Waals surface area contributed by atoms with Gasteiger partial charge in [-0.15, -0.1) is 0 Å². The molecule has 0 amide bonds. The number of hydrogen-bond acceptors (Lipinski definition) is 2. The second-order valence-electron chi connectivity index (χ2n) is 6.48. The SMILES string of the molecule is Cc1cc(C)c(B(O)c2ccccc2[C@@H](C)N(C)C)c(C)c1. The maximum Gasteiger partial charge on any atom is 0.359 e. The summed E-state index contributed by atoms with van der Waals surface area (Å²) in [4.78, 5) is 2.17. The average Bonchev–Trinajstić information content (AvgIpc) is 2.45. The van der Waals surface area contributed by atoms with Crippen molar-refractivity contribution in [2.75, 3.05) is 14.1 Å². The summed E-state index contributed by atoms with van der Waals surface area (Å²) in [5, 5.41) is 11.0. The third kappa shape index (κ3) is 3.26. The van der Waals surface area contributed by atoms with Crippen molar-refractivity contribution in [3.05, 3.63) is 58.7 Å². The molecule has 0 spiro atoms. The molecule has 0 bridgehead atoms. The van der Waals surface area contributed by atoms with Crippen molar-refractivity contribution >= 4 is 17.8 Å². The van der Waals surface area contributed by atoms with Crippen LogP contribution in [0.2, 0.25) is 0 Å². The minimum Gasteiger partial charge on any atom is -0.443 e. The maximum atomic E-state index is 11.0. The fraction of sp³-hybridized carbons (Fsp3) is 0.368. The first kappa shape index (κ1) is 16.8. The Labute approximate surface area is 134 Å². The first-order valence-corrected chi connectivity index (χ1v) is 7.84. The molecule has 0 radical (unpaired) electrons. The van der Waals surface area contributed by atoms with Gasteiger partial charge < -0.3 is 9.92 Å². The van der Waals surface area contributed by atoms with E-state index in [1.165, 1.54) is 11.1 Å². The van der Waals surface area contributed by atoms with Gasteiger partial charge in [-0.25, -0.2) is 0 Å². The lowest BCUT2D eigenvalue weighted by Gasteiger charge is -2.25. The van der Waals surface area contributed by atoms with Gasteiger partial charge in [0.2, 0.25) is 0 Å². The molecule has 1 N–H and O–H groups in total. The monoisotopic (exact) mass is 295 g/mol. The van der Waals surface area contributed by atoms with E-state index in [1.54, 1.807) is 0 Å². The summed E-state index contributed by atoms with van der Waals surface area (Å²) in [6, 6.07) is 12.7. The summed E-state index contributed by atoms with van der Waals surface area (Å²) in [6.07, 6.45) is 0. The van der Waals surface area contributed by atoms with Crippen molar-refractivity contribution in [2.45, 2.75) is 33.7 Å². The van der Waals surface area contributed by atoms with E-state index in [0.717, 1.165) is 22.1 Å². The highest BCUT2D eigenvalue weighted by atomic mass is 16.2. The van der Waals surface area contributed by atoms with E-state index in [0.29, 0.717) is 0 Å². The third-order valence-corrected chi connectivity index (χ3v) is 4.53. The highest BCUT2D eigenvalue weighted by Gasteiger charge is 2.25. The summed E-state index contributed by atoms with van der Waals surface area (Å²) < 4.78 is 0. The molecule has 0 aromatic heterocycles. The largest absolute Gasteiger partial charge is 0.443 e. The van der Waals surface area contributed by atoms with E-state index in [1.807, 2.05) is 18.2 Å². The molecule has 1 atom stereocenters. The van der Waals surface area contributed by atoms with E-state index in [9.17, 15) is 5.02 Å². The Morgan fingerprint density at radius 1 is 1.00 bits per heavy atom. The molecule has 0 aliphatic rings. The molecule has 0 aliphatic heterocycles. The lowest BCUT2D eigenvalue weighted by atomic mass is 9.52. The molecule has 0 fully saturated rings. The number of nitrogens with zero attached hydrogens (tertiary/aromatic N) is 1. The zero-order valence-corrected chi connectivity index (χ0v) is 14.5. The Balaban J connectivity index is 2.54. The zero-order valence-electron chi connectivity index (χ0n) is 14.5. The predicted molar refractivity (Wildman–Crippen MR) is 96.4 cm³/mol. The maximum absolute atomic E-state index is 11.0. The number of hydrogen-bond donors (Lipinski definition) is 1. The normalized spacial score (nSPS) is 12.5. The molecule has 0 aliphatic carbocycles. The molecular formula is C19H26BNO. The smallest absolute Gasteiger partial charge is 0.359 e. The lowest BCUT2D eigenvalue weighted by Crippen LogP contribution is -2.47. The van der Waals surface area contributed by atoms with Crippen molar-refractivity contribution in [1.29, 1.82) is 0 Å². The molecule has 3 heteroatoms. The summed E-state index contributed by atoms with van der Waals surface area (Å²) in [6.45, 7) is 7.84. The lowest BCUT2D eigenvalue weighted by molar-refractivity contribution is 0.322. The van der Waals surface area contributed by atoms with Gasteiger partial charge >= 0.3 is 6.92 Å². The highest BCUT2D eigenvalue weighted by Crippen LogP contribution is 2.16. The van der Waals surface area contributed by atoms with Gasteiger partial charge in [0.1, 0.15) is 0 Å². The second-order valence-corrected chi connectivity index (χ2v) is 6.48. The molecule has 0 saturated carbocycles. The Morgan fingerprint density at radius 3 is 2.09 bits per heavy atom. The van der Waals surface area contributed by atoms with Crippen molar-refractivity contribution in [2.24, 2.45) is 0 Å². The van der Waals surface area contributed by atoms with E-state index in [-0.39, 0.29) is 6.04 Å². The first-order valence-electron chi connectivity index (χ1n) is 7.84. The van der Waals surface area contributed by atoms with Gasteiger partial charge in [0, 0.05) is 6.04 Å². The first-order chi connectivity index (χ1) is 10.3. The Kier molecular flexibility index (Phi) is 5.10. The Morgan fingerprint density at radius 2 is 1.55 bits per heavy atom. The Hall–Kier alpha value is -1.58. The van der Waals surface area contributed by atoms with Gasteiger partial charge in [0.15, 0.2) is 0 Å². The Bertz CT molecular complexity index is 643. The molecule has 0 unspecified atom stereocenters. The van der Waals surface area contributed by atoms with E-state index < -0.39 is 6.92 Å². The van der Waals surface area contributed by atoms with Crippen LogP contribution in [0.3, 0.4) is 0 Å². The number of aryl methyl sites for hydroxylation is 3. The molecule has 2 nitrogen and oxygen atoms in total. The summed E-state index contributed by atoms with van der Waals surface area (Å²) in [5.74, 6) is 0. The van der Waals surface area contributed by atoms with E-state index >= 15 is 0 Å². The van der Waals surface area contributed by atoms with Crippen molar-refractivity contribution in [3.63, 3.8) is 0 Å². The predicted octanol–water partition coefficient (Wildman–Crippen LogP) is 2.33. The molecule has 116 valence electrons. The second kappa shape index (κ2) is 6.68. The van der Waals surface area contributed by atoms with Gasteiger partial charge in [-0.1, -0.05) is 53.1 Å². The minimum atomic E-state index is -0.584. The summed E-state index contributed by atoms with van der Waals surface area (Å²) >= 11 is 0. The molecule has 0 saturated heterocycles. The molecule has 2 aromatic rings. The van der Waals surface area contributed by atoms with Gasteiger partial charge in [0.05, 0.1) is 0 Å². The standard InChI is InChI=1S/C19H26BNO/c1-13-11-14(2)19(15(3)12-13)20(22)18-10-8-7-9-17(18)16(4)21(5)6/h7-12,16,22H,1-6H3/t16-/m1/s1. The summed E-state index contributed by atoms with van der Waals surface area (Å²) in [5.41, 5.74) is 6.75. The minimum absolute atomic E-state index is 0.261. The zero-order chi connectivity index (χ0) is 16.4. The fourth-order valence-corrected chi connectivity index (χ4v) is 3.20. The van der Waals surface area contributed by atoms with E-state index in [4.69, 9.17) is 0 Å². The van der Waals surface area contributed by atoms with Crippen LogP contribution in [0.1, 0.15) is 35.2 Å². The third-order valence-electron chi connectivity index (χ3n) is 4.53. The van der Waals surface area contributed by atoms with Crippen molar-refractivity contribution in [3.8, 4) is 0 Å². The quantitative estimate of drug-likeness (QED) is 0.875. The van der Waals surface area contributed by atoms with Gasteiger partial charge in [-0.3, -0.25) is 0 Å². The van der Waals surface area contributed by atoms with Crippen LogP contribution in [0, 0.1) is 20.8 Å². The van der Waals surface area contributed by atoms with Crippen LogP contribution < -0.4 is 10.9 Å². The fourth-order valence-electron chi connectivity index (χ4n) is 3.20. The van der Waals surface area contributed by atoms with E-state index in [2.05, 4.69) is 64.9 Å². The van der Waals surface area contributed by atoms with Crippen molar-refractivity contribution < 1.29 is 5.02 Å². The highest BCUT2D eigenvalue weighted by molar-refractivity contribution is 6.80. The molecule has 2 aromatic carbocycles. The van der Waals surface area contributed by atoms with Gasteiger partial charge in [-0.05, 0) is 58.3 Å². The van der Waals surface area contributed by atoms with Crippen LogP contribution in [0.4, 0.5) is 0 Å². The molecular weight excluding hydrogens is 269 g/mol. The molecule has 22 heavy (non-hydrogen) atoms. The number of rotatable bonds is 4. The molecule has 2 rings (SSSR count). The topological polar surface area (TPSA) is 23.5 Å². The van der Waals surface area contributed by atoms with Crippen LogP contribution in [0.25, 0.3) is 0 Å². The van der Waals surface area contributed by atoms with Crippen LogP contribution in [0.5, 0.6) is 0 Å². The van der Waals surface area contributed by atoms with Crippen molar-refractivity contribution in [1.82, 2.24) is 4.90 Å². The van der Waals surface area contributed by atoms with Crippen LogP contribution in [0.15, 0.2) is 36.4 Å². The number of benzene rings is 2. The molecule has 0 heterocycles. The van der Waals surface area contributed by atoms with Crippen LogP contribution >= 0.6 is 0 Å².